The molecule has 0 N–H and O–H groups in total. The van der Waals surface area contributed by atoms with Gasteiger partial charge in [0, 0.05) is 24.8 Å². The second-order valence-electron chi connectivity index (χ2n) is 6.08. The van der Waals surface area contributed by atoms with Gasteiger partial charge in [-0.1, -0.05) is 19.9 Å². The van der Waals surface area contributed by atoms with E-state index in [0.717, 1.165) is 26.2 Å². The normalized spacial score (nSPS) is 20.2. The molecule has 106 valence electrons. The molecule has 19 heavy (non-hydrogen) atoms. The molecule has 0 aromatic carbocycles. The molecule has 0 aliphatic carbocycles. The van der Waals surface area contributed by atoms with Crippen LogP contribution in [0.1, 0.15) is 55.5 Å². The number of hydrogen-bond donors (Lipinski definition) is 0. The second-order valence-corrected chi connectivity index (χ2v) is 6.08. The maximum Gasteiger partial charge on any atom is 0.0582 e. The molecule has 0 spiro atoms. The Hall–Kier alpha value is -0.930. The summed E-state index contributed by atoms with van der Waals surface area (Å²) < 4.78 is 5.63. The topological polar surface area (TPSA) is 25.4 Å². The number of rotatable bonds is 4. The van der Waals surface area contributed by atoms with E-state index in [0.29, 0.717) is 11.8 Å². The van der Waals surface area contributed by atoms with Crippen molar-refractivity contribution in [2.45, 2.75) is 45.1 Å². The van der Waals surface area contributed by atoms with E-state index in [4.69, 9.17) is 9.72 Å². The molecule has 3 heteroatoms. The zero-order chi connectivity index (χ0) is 13.8. The molecule has 1 aliphatic heterocycles. The number of aromatic nitrogens is 1. The van der Waals surface area contributed by atoms with Crippen LogP contribution in [0.25, 0.3) is 0 Å². The first-order valence-electron chi connectivity index (χ1n) is 7.30. The van der Waals surface area contributed by atoms with Crippen molar-refractivity contribution in [2.24, 2.45) is 0 Å². The summed E-state index contributed by atoms with van der Waals surface area (Å²) in [6, 6.07) is 4.47. The summed E-state index contributed by atoms with van der Waals surface area (Å²) in [7, 11) is 4.20. The van der Waals surface area contributed by atoms with Gasteiger partial charge in [0.05, 0.1) is 12.3 Å². The van der Waals surface area contributed by atoms with Gasteiger partial charge in [0.2, 0.25) is 0 Å². The predicted octanol–water partition coefficient (Wildman–Crippen LogP) is 3.16. The van der Waals surface area contributed by atoms with Crippen molar-refractivity contribution in [1.82, 2.24) is 9.88 Å². The van der Waals surface area contributed by atoms with Crippen LogP contribution in [0.5, 0.6) is 0 Å². The van der Waals surface area contributed by atoms with E-state index in [9.17, 15) is 0 Å². The van der Waals surface area contributed by atoms with Crippen molar-refractivity contribution in [3.63, 3.8) is 0 Å². The Morgan fingerprint density at radius 1 is 1.37 bits per heavy atom. The predicted molar refractivity (Wildman–Crippen MR) is 78.5 cm³/mol. The SMILES string of the molecule is CC(C)c1ccc(C2CCCOC2)c(CN(C)C)n1. The van der Waals surface area contributed by atoms with E-state index in [-0.39, 0.29) is 0 Å². The first kappa shape index (κ1) is 14.5. The lowest BCUT2D eigenvalue weighted by Gasteiger charge is -2.25. The highest BCUT2D eigenvalue weighted by Gasteiger charge is 2.20. The second kappa shape index (κ2) is 6.49. The van der Waals surface area contributed by atoms with Crippen molar-refractivity contribution in [3.8, 4) is 0 Å². The van der Waals surface area contributed by atoms with Crippen LogP contribution in [-0.4, -0.2) is 37.2 Å². The van der Waals surface area contributed by atoms with E-state index in [2.05, 4.69) is 45.0 Å². The van der Waals surface area contributed by atoms with Crippen LogP contribution in [0.4, 0.5) is 0 Å². The van der Waals surface area contributed by atoms with E-state index in [1.54, 1.807) is 0 Å². The van der Waals surface area contributed by atoms with E-state index >= 15 is 0 Å². The van der Waals surface area contributed by atoms with Gasteiger partial charge in [-0.15, -0.1) is 0 Å². The molecule has 1 aromatic rings. The molecule has 0 saturated carbocycles. The molecule has 1 atom stereocenters. The summed E-state index contributed by atoms with van der Waals surface area (Å²) >= 11 is 0. The van der Waals surface area contributed by atoms with Crippen molar-refractivity contribution in [3.05, 3.63) is 29.1 Å². The fraction of sp³-hybridized carbons (Fsp3) is 0.688. The number of hydrogen-bond acceptors (Lipinski definition) is 3. The minimum atomic E-state index is 0.484. The lowest BCUT2D eigenvalue weighted by atomic mass is 9.91. The Balaban J connectivity index is 2.29. The monoisotopic (exact) mass is 262 g/mol. The zero-order valence-electron chi connectivity index (χ0n) is 12.6. The fourth-order valence-electron chi connectivity index (χ4n) is 2.63. The highest BCUT2D eigenvalue weighted by atomic mass is 16.5. The molecule has 1 aromatic heterocycles. The minimum Gasteiger partial charge on any atom is -0.381 e. The molecule has 1 aliphatic rings. The largest absolute Gasteiger partial charge is 0.381 e. The third kappa shape index (κ3) is 3.77. The molecule has 0 radical (unpaired) electrons. The Bertz CT molecular complexity index is 409. The van der Waals surface area contributed by atoms with Crippen LogP contribution in [0, 0.1) is 0 Å². The molecular formula is C16H26N2O. The zero-order valence-corrected chi connectivity index (χ0v) is 12.6. The fourth-order valence-corrected chi connectivity index (χ4v) is 2.63. The van der Waals surface area contributed by atoms with Crippen LogP contribution < -0.4 is 0 Å². The van der Waals surface area contributed by atoms with Crippen molar-refractivity contribution in [1.29, 1.82) is 0 Å². The lowest BCUT2D eigenvalue weighted by molar-refractivity contribution is 0.0799. The van der Waals surface area contributed by atoms with Crippen molar-refractivity contribution >= 4 is 0 Å². The summed E-state index contributed by atoms with van der Waals surface area (Å²) in [5.41, 5.74) is 3.81. The quantitative estimate of drug-likeness (QED) is 0.833. The van der Waals surface area contributed by atoms with Crippen molar-refractivity contribution < 1.29 is 4.74 Å². The smallest absolute Gasteiger partial charge is 0.0582 e. The van der Waals surface area contributed by atoms with Gasteiger partial charge in [-0.2, -0.15) is 0 Å². The van der Waals surface area contributed by atoms with Gasteiger partial charge in [-0.25, -0.2) is 0 Å². The Morgan fingerprint density at radius 3 is 2.74 bits per heavy atom. The molecule has 0 bridgehead atoms. The molecule has 1 saturated heterocycles. The van der Waals surface area contributed by atoms with Crippen LogP contribution >= 0.6 is 0 Å². The number of ether oxygens (including phenoxy) is 1. The van der Waals surface area contributed by atoms with E-state index in [1.165, 1.54) is 23.4 Å². The molecule has 1 fully saturated rings. The molecule has 0 amide bonds. The third-order valence-electron chi connectivity index (χ3n) is 3.69. The maximum absolute atomic E-state index is 5.63. The summed E-state index contributed by atoms with van der Waals surface area (Å²) in [6.07, 6.45) is 2.39. The van der Waals surface area contributed by atoms with Gasteiger partial charge < -0.3 is 9.64 Å². The van der Waals surface area contributed by atoms with Crippen molar-refractivity contribution in [2.75, 3.05) is 27.3 Å². The lowest BCUT2D eigenvalue weighted by Crippen LogP contribution is -2.21. The molecule has 1 unspecified atom stereocenters. The van der Waals surface area contributed by atoms with Gasteiger partial charge in [0.15, 0.2) is 0 Å². The molecule has 3 nitrogen and oxygen atoms in total. The Kier molecular flexibility index (Phi) is 4.94. The molecule has 2 rings (SSSR count). The van der Waals surface area contributed by atoms with Gasteiger partial charge in [0.1, 0.15) is 0 Å². The van der Waals surface area contributed by atoms with Crippen LogP contribution in [0.3, 0.4) is 0 Å². The molecular weight excluding hydrogens is 236 g/mol. The van der Waals surface area contributed by atoms with Crippen LogP contribution in [-0.2, 0) is 11.3 Å². The van der Waals surface area contributed by atoms with Gasteiger partial charge in [-0.05, 0) is 44.5 Å². The van der Waals surface area contributed by atoms with Gasteiger partial charge >= 0.3 is 0 Å². The molecule has 2 heterocycles. The highest BCUT2D eigenvalue weighted by Crippen LogP contribution is 2.29. The van der Waals surface area contributed by atoms with Gasteiger partial charge in [-0.3, -0.25) is 4.98 Å². The Morgan fingerprint density at radius 2 is 2.16 bits per heavy atom. The summed E-state index contributed by atoms with van der Waals surface area (Å²) in [6.45, 7) is 7.07. The summed E-state index contributed by atoms with van der Waals surface area (Å²) in [5, 5.41) is 0. The van der Waals surface area contributed by atoms with E-state index in [1.807, 2.05) is 0 Å². The average Bonchev–Trinajstić information content (AvgIpc) is 2.39. The number of pyridine rings is 1. The first-order chi connectivity index (χ1) is 9.08. The van der Waals surface area contributed by atoms with Gasteiger partial charge in [0.25, 0.3) is 0 Å². The Labute approximate surface area is 117 Å². The average molecular weight is 262 g/mol. The summed E-state index contributed by atoms with van der Waals surface area (Å²) in [4.78, 5) is 7.08. The standard InChI is InChI=1S/C16H26N2O/c1-12(2)15-8-7-14(13-6-5-9-19-11-13)16(17-15)10-18(3)4/h7-8,12-13H,5-6,9-11H2,1-4H3. The van der Waals surface area contributed by atoms with Crippen LogP contribution in [0.15, 0.2) is 12.1 Å². The third-order valence-corrected chi connectivity index (χ3v) is 3.69. The minimum absolute atomic E-state index is 0.484. The number of nitrogens with zero attached hydrogens (tertiary/aromatic N) is 2. The van der Waals surface area contributed by atoms with E-state index < -0.39 is 0 Å². The summed E-state index contributed by atoms with van der Waals surface area (Å²) in [5.74, 6) is 1.01. The maximum atomic E-state index is 5.63. The highest BCUT2D eigenvalue weighted by molar-refractivity contribution is 5.28. The first-order valence-corrected chi connectivity index (χ1v) is 7.30. The van der Waals surface area contributed by atoms with Crippen LogP contribution in [0.2, 0.25) is 0 Å².